The number of carbonyl (C=O) groups excluding carboxylic acids is 1. The van der Waals surface area contributed by atoms with E-state index >= 15 is 0 Å². The van der Waals surface area contributed by atoms with E-state index in [1.165, 1.54) is 0 Å². The number of aliphatic hydroxyl groups is 1. The molecule has 6 heteroatoms. The molecule has 0 unspecified atom stereocenters. The molecule has 3 rings (SSSR count). The van der Waals surface area contributed by atoms with E-state index in [4.69, 9.17) is 16.3 Å². The summed E-state index contributed by atoms with van der Waals surface area (Å²) in [6, 6.07) is 5.03. The molecule has 0 amide bonds. The van der Waals surface area contributed by atoms with E-state index in [2.05, 4.69) is 4.98 Å². The lowest BCUT2D eigenvalue weighted by molar-refractivity contribution is -0.0268. The monoisotopic (exact) mass is 306 g/mol. The van der Waals surface area contributed by atoms with Gasteiger partial charge in [-0.3, -0.25) is 0 Å². The molecule has 110 valence electrons. The Morgan fingerprint density at radius 1 is 1.48 bits per heavy atom. The van der Waals surface area contributed by atoms with Crippen molar-refractivity contribution in [1.29, 1.82) is 0 Å². The molecule has 0 fully saturated rings. The van der Waals surface area contributed by atoms with Crippen molar-refractivity contribution in [2.75, 3.05) is 0 Å². The number of carbonyl (C=O) groups is 1. The van der Waals surface area contributed by atoms with Crippen molar-refractivity contribution in [3.8, 4) is 0 Å². The van der Waals surface area contributed by atoms with Gasteiger partial charge in [0.15, 0.2) is 0 Å². The Morgan fingerprint density at radius 3 is 2.95 bits per heavy atom. The van der Waals surface area contributed by atoms with Crippen molar-refractivity contribution in [3.05, 3.63) is 52.6 Å². The van der Waals surface area contributed by atoms with E-state index in [-0.39, 0.29) is 12.6 Å². The van der Waals surface area contributed by atoms with Gasteiger partial charge in [0.1, 0.15) is 5.60 Å². The lowest BCUT2D eigenvalue weighted by Gasteiger charge is -2.40. The minimum Gasteiger partial charge on any atom is -0.453 e. The Bertz CT molecular complexity index is 709. The van der Waals surface area contributed by atoms with Crippen LogP contribution >= 0.6 is 11.6 Å². The number of benzene rings is 1. The lowest BCUT2D eigenvalue weighted by atomic mass is 9.85. The standard InChI is InChI=1S/C15H15ClN2O3/c1-15(2)13(18-8-17-6-9(18)7-19)10-4-3-5-11(16)12(10)14(20)21-15/h3-6,8,13,19H,7H2,1-2H3/t13-/m0/s1. The second-order valence-electron chi connectivity index (χ2n) is 5.55. The average molecular weight is 307 g/mol. The van der Waals surface area contributed by atoms with Gasteiger partial charge in [-0.2, -0.15) is 0 Å². The zero-order valence-corrected chi connectivity index (χ0v) is 12.5. The van der Waals surface area contributed by atoms with Crippen LogP contribution in [0, 0.1) is 0 Å². The highest BCUT2D eigenvalue weighted by atomic mass is 35.5. The lowest BCUT2D eigenvalue weighted by Crippen LogP contribution is -2.44. The third-order valence-corrected chi connectivity index (χ3v) is 4.06. The number of aromatic nitrogens is 2. The predicted molar refractivity (Wildman–Crippen MR) is 77.2 cm³/mol. The third kappa shape index (κ3) is 2.13. The van der Waals surface area contributed by atoms with Crippen molar-refractivity contribution >= 4 is 17.6 Å². The van der Waals surface area contributed by atoms with E-state index in [0.29, 0.717) is 16.3 Å². The van der Waals surface area contributed by atoms with E-state index in [1.54, 1.807) is 24.7 Å². The zero-order chi connectivity index (χ0) is 15.2. The number of esters is 1. The summed E-state index contributed by atoms with van der Waals surface area (Å²) < 4.78 is 7.38. The predicted octanol–water partition coefficient (Wildman–Crippen LogP) is 2.57. The normalized spacial score (nSPS) is 20.0. The van der Waals surface area contributed by atoms with Crippen LogP contribution in [0.1, 0.15) is 41.5 Å². The number of hydrogen-bond acceptors (Lipinski definition) is 4. The summed E-state index contributed by atoms with van der Waals surface area (Å²) in [4.78, 5) is 16.3. The van der Waals surface area contributed by atoms with Crippen LogP contribution in [0.4, 0.5) is 0 Å². The molecular formula is C15H15ClN2O3. The van der Waals surface area contributed by atoms with E-state index in [9.17, 15) is 9.90 Å². The summed E-state index contributed by atoms with van der Waals surface area (Å²) in [5, 5.41) is 9.83. The van der Waals surface area contributed by atoms with E-state index in [0.717, 1.165) is 5.56 Å². The number of halogens is 1. The SMILES string of the molecule is CC1(C)OC(=O)c2c(Cl)cccc2[C@@H]1n1cncc1CO. The first kappa shape index (κ1) is 14.1. The van der Waals surface area contributed by atoms with Gasteiger partial charge in [0.2, 0.25) is 0 Å². The molecule has 5 nitrogen and oxygen atoms in total. The summed E-state index contributed by atoms with van der Waals surface area (Å²) in [5.74, 6) is -0.428. The van der Waals surface area contributed by atoms with Crippen molar-refractivity contribution in [2.24, 2.45) is 0 Å². The first-order chi connectivity index (χ1) is 9.95. The van der Waals surface area contributed by atoms with Crippen molar-refractivity contribution < 1.29 is 14.6 Å². The molecule has 1 aromatic heterocycles. The van der Waals surface area contributed by atoms with Crippen LogP contribution in [0.3, 0.4) is 0 Å². The third-order valence-electron chi connectivity index (χ3n) is 3.75. The van der Waals surface area contributed by atoms with E-state index in [1.807, 2.05) is 24.5 Å². The highest BCUT2D eigenvalue weighted by Crippen LogP contribution is 2.42. The number of cyclic esters (lactones) is 1. The number of rotatable bonds is 2. The first-order valence-corrected chi connectivity index (χ1v) is 6.97. The van der Waals surface area contributed by atoms with Crippen molar-refractivity contribution in [1.82, 2.24) is 9.55 Å². The molecular weight excluding hydrogens is 292 g/mol. The minimum atomic E-state index is -0.778. The fraction of sp³-hybridized carbons (Fsp3) is 0.333. The summed E-state index contributed by atoms with van der Waals surface area (Å²) in [5.41, 5.74) is 1.02. The zero-order valence-electron chi connectivity index (χ0n) is 11.7. The second kappa shape index (κ2) is 4.86. The molecule has 0 aliphatic carbocycles. The molecule has 1 aliphatic heterocycles. The van der Waals surface area contributed by atoms with Gasteiger partial charge in [-0.05, 0) is 25.5 Å². The quantitative estimate of drug-likeness (QED) is 0.866. The fourth-order valence-electron chi connectivity index (χ4n) is 2.88. The smallest absolute Gasteiger partial charge is 0.340 e. The first-order valence-electron chi connectivity index (χ1n) is 6.59. The molecule has 0 radical (unpaired) electrons. The van der Waals surface area contributed by atoms with Crippen LogP contribution in [0.5, 0.6) is 0 Å². The molecule has 1 aromatic carbocycles. The number of ether oxygens (including phenoxy) is 1. The van der Waals surface area contributed by atoms with Gasteiger partial charge in [0.25, 0.3) is 0 Å². The Kier molecular flexibility index (Phi) is 3.26. The van der Waals surface area contributed by atoms with Gasteiger partial charge in [-0.1, -0.05) is 23.7 Å². The average Bonchev–Trinajstić information content (AvgIpc) is 2.85. The van der Waals surface area contributed by atoms with Crippen LogP contribution in [0.25, 0.3) is 0 Å². The maximum absolute atomic E-state index is 12.2. The molecule has 0 saturated carbocycles. The number of nitrogens with zero attached hydrogens (tertiary/aromatic N) is 2. The van der Waals surface area contributed by atoms with Gasteiger partial charge in [-0.15, -0.1) is 0 Å². The topological polar surface area (TPSA) is 64.4 Å². The Hall–Kier alpha value is -1.85. The number of hydrogen-bond donors (Lipinski definition) is 1. The molecule has 1 N–H and O–H groups in total. The van der Waals surface area contributed by atoms with E-state index < -0.39 is 11.6 Å². The van der Waals surface area contributed by atoms with Gasteiger partial charge in [-0.25, -0.2) is 9.78 Å². The molecule has 1 atom stereocenters. The number of fused-ring (bicyclic) bond motifs is 1. The highest BCUT2D eigenvalue weighted by Gasteiger charge is 2.44. The van der Waals surface area contributed by atoms with Crippen LogP contribution in [-0.4, -0.2) is 26.2 Å². The molecule has 0 saturated heterocycles. The Labute approximate surface area is 127 Å². The maximum atomic E-state index is 12.2. The number of imidazole rings is 1. The van der Waals surface area contributed by atoms with Crippen LogP contribution in [0.2, 0.25) is 5.02 Å². The minimum absolute atomic E-state index is 0.142. The summed E-state index contributed by atoms with van der Waals surface area (Å²) in [6.45, 7) is 3.53. The molecule has 2 aromatic rings. The summed E-state index contributed by atoms with van der Waals surface area (Å²) in [6.07, 6.45) is 3.22. The van der Waals surface area contributed by atoms with Crippen LogP contribution in [-0.2, 0) is 11.3 Å². The largest absolute Gasteiger partial charge is 0.453 e. The molecule has 2 heterocycles. The number of aliphatic hydroxyl groups excluding tert-OH is 1. The molecule has 0 bridgehead atoms. The molecule has 0 spiro atoms. The Balaban J connectivity index is 2.26. The van der Waals surface area contributed by atoms with Gasteiger partial charge < -0.3 is 14.4 Å². The van der Waals surface area contributed by atoms with Gasteiger partial charge >= 0.3 is 5.97 Å². The van der Waals surface area contributed by atoms with Crippen molar-refractivity contribution in [2.45, 2.75) is 32.1 Å². The van der Waals surface area contributed by atoms with Gasteiger partial charge in [0, 0.05) is 0 Å². The van der Waals surface area contributed by atoms with Crippen LogP contribution in [0.15, 0.2) is 30.7 Å². The van der Waals surface area contributed by atoms with Gasteiger partial charge in [0.05, 0.1) is 41.5 Å². The molecule has 21 heavy (non-hydrogen) atoms. The van der Waals surface area contributed by atoms with Crippen molar-refractivity contribution in [3.63, 3.8) is 0 Å². The fourth-order valence-corrected chi connectivity index (χ4v) is 3.14. The summed E-state index contributed by atoms with van der Waals surface area (Å²) in [7, 11) is 0. The highest BCUT2D eigenvalue weighted by molar-refractivity contribution is 6.33. The maximum Gasteiger partial charge on any atom is 0.340 e. The second-order valence-corrected chi connectivity index (χ2v) is 5.96. The van der Waals surface area contributed by atoms with Crippen LogP contribution < -0.4 is 0 Å². The Morgan fingerprint density at radius 2 is 2.24 bits per heavy atom. The summed E-state index contributed by atoms with van der Waals surface area (Å²) >= 11 is 6.16. The molecule has 1 aliphatic rings.